The Morgan fingerprint density at radius 2 is 2.20 bits per heavy atom. The maximum Gasteiger partial charge on any atom is 0.358 e. The van der Waals surface area contributed by atoms with Gasteiger partial charge >= 0.3 is 5.97 Å². The van der Waals surface area contributed by atoms with Crippen molar-refractivity contribution in [2.24, 2.45) is 0 Å². The molecule has 0 spiro atoms. The van der Waals surface area contributed by atoms with Crippen LogP contribution in [-0.4, -0.2) is 58.1 Å². The molecule has 0 saturated heterocycles. The molecule has 1 rings (SSSR count). The minimum Gasteiger partial charge on any atom is -0.464 e. The van der Waals surface area contributed by atoms with Gasteiger partial charge in [0, 0.05) is 6.04 Å². The Morgan fingerprint density at radius 3 is 2.75 bits per heavy atom. The molecule has 1 aromatic rings. The number of thiazole rings is 1. The number of aromatic nitrogens is 1. The molecule has 0 fully saturated rings. The number of hydrogen-bond donors (Lipinski definition) is 1. The van der Waals surface area contributed by atoms with E-state index in [2.05, 4.69) is 14.4 Å². The summed E-state index contributed by atoms with van der Waals surface area (Å²) in [6, 6.07) is -0.241. The zero-order chi connectivity index (χ0) is 15.3. The summed E-state index contributed by atoms with van der Waals surface area (Å²) in [7, 11) is 1.26. The first kappa shape index (κ1) is 17.0. The lowest BCUT2D eigenvalue weighted by Crippen LogP contribution is -2.35. The summed E-state index contributed by atoms with van der Waals surface area (Å²) in [6.07, 6.45) is 0.665. The first-order valence-corrected chi connectivity index (χ1v) is 8.33. The fourth-order valence-electron chi connectivity index (χ4n) is 1.49. The van der Waals surface area contributed by atoms with Crippen LogP contribution in [0.4, 0.5) is 0 Å². The fourth-order valence-corrected chi connectivity index (χ4v) is 3.91. The minimum absolute atomic E-state index is 0.110. The first-order valence-electron chi connectivity index (χ1n) is 5.96. The van der Waals surface area contributed by atoms with Gasteiger partial charge in [0.25, 0.3) is 10.0 Å². The quantitative estimate of drug-likeness (QED) is 0.738. The summed E-state index contributed by atoms with van der Waals surface area (Å²) in [6.45, 7) is 2.54. The molecule has 0 aliphatic heterocycles. The Bertz CT molecular complexity index is 554. The average molecular weight is 321 g/mol. The molecular formula is C11H19N3O4S2. The third-order valence-electron chi connectivity index (χ3n) is 2.52. The van der Waals surface area contributed by atoms with Crippen molar-refractivity contribution in [2.45, 2.75) is 23.6 Å². The molecule has 0 aliphatic carbocycles. The number of rotatable bonds is 7. The van der Waals surface area contributed by atoms with Gasteiger partial charge in [-0.3, -0.25) is 0 Å². The van der Waals surface area contributed by atoms with Gasteiger partial charge in [0.1, 0.15) is 0 Å². The van der Waals surface area contributed by atoms with Gasteiger partial charge < -0.3 is 9.64 Å². The van der Waals surface area contributed by atoms with Gasteiger partial charge in [-0.15, -0.1) is 11.3 Å². The SMILES string of the molecule is COC(=O)c1ncsc1S(=O)(=O)NC(C)CCN(C)C. The molecule has 114 valence electrons. The molecule has 0 saturated carbocycles. The molecule has 20 heavy (non-hydrogen) atoms. The largest absolute Gasteiger partial charge is 0.464 e. The molecule has 9 heteroatoms. The normalized spacial score (nSPS) is 13.4. The number of carbonyl (C=O) groups is 1. The maximum absolute atomic E-state index is 12.2. The van der Waals surface area contributed by atoms with Crippen LogP contribution < -0.4 is 4.72 Å². The van der Waals surface area contributed by atoms with Gasteiger partial charge in [-0.1, -0.05) is 0 Å². The van der Waals surface area contributed by atoms with Crippen LogP contribution in [0.5, 0.6) is 0 Å². The molecule has 0 aromatic carbocycles. The molecule has 7 nitrogen and oxygen atoms in total. The van der Waals surface area contributed by atoms with Crippen molar-refractivity contribution in [3.8, 4) is 0 Å². The second-order valence-corrected chi connectivity index (χ2v) is 7.36. The number of carbonyl (C=O) groups excluding carboxylic acids is 1. The third-order valence-corrected chi connectivity index (χ3v) is 5.48. The van der Waals surface area contributed by atoms with Crippen LogP contribution in [0, 0.1) is 0 Å². The highest BCUT2D eigenvalue weighted by molar-refractivity contribution is 7.91. The van der Waals surface area contributed by atoms with Gasteiger partial charge in [0.15, 0.2) is 9.90 Å². The maximum atomic E-state index is 12.2. The fraction of sp³-hybridized carbons (Fsp3) is 0.636. The number of nitrogens with one attached hydrogen (secondary N) is 1. The Labute approximate surface area is 123 Å². The molecule has 1 N–H and O–H groups in total. The summed E-state index contributed by atoms with van der Waals surface area (Å²) >= 11 is 0.894. The lowest BCUT2D eigenvalue weighted by Gasteiger charge is -2.16. The van der Waals surface area contributed by atoms with Gasteiger partial charge in [0.2, 0.25) is 0 Å². The second kappa shape index (κ2) is 7.11. The van der Waals surface area contributed by atoms with Crippen LogP contribution in [0.25, 0.3) is 0 Å². The minimum atomic E-state index is -3.76. The zero-order valence-electron chi connectivity index (χ0n) is 11.9. The molecule has 0 aliphatic rings. The van der Waals surface area contributed by atoms with Crippen molar-refractivity contribution in [3.63, 3.8) is 0 Å². The smallest absolute Gasteiger partial charge is 0.358 e. The standard InChI is InChI=1S/C11H19N3O4S2/c1-8(5-6-14(2)3)13-20(16,17)11-9(10(15)18-4)12-7-19-11/h7-8,13H,5-6H2,1-4H3. The number of methoxy groups -OCH3 is 1. The summed E-state index contributed by atoms with van der Waals surface area (Å²) in [5.41, 5.74) is 1.13. The lowest BCUT2D eigenvalue weighted by atomic mass is 10.2. The Morgan fingerprint density at radius 1 is 1.55 bits per heavy atom. The molecule has 0 bridgehead atoms. The van der Waals surface area contributed by atoms with E-state index in [1.165, 1.54) is 12.6 Å². The van der Waals surface area contributed by atoms with Gasteiger partial charge in [0.05, 0.1) is 12.6 Å². The highest BCUT2D eigenvalue weighted by Gasteiger charge is 2.27. The van der Waals surface area contributed by atoms with Crippen LogP contribution in [-0.2, 0) is 14.8 Å². The highest BCUT2D eigenvalue weighted by atomic mass is 32.2. The van der Waals surface area contributed by atoms with Crippen LogP contribution in [0.2, 0.25) is 0 Å². The summed E-state index contributed by atoms with van der Waals surface area (Å²) in [4.78, 5) is 17.2. The van der Waals surface area contributed by atoms with Crippen molar-refractivity contribution >= 4 is 27.3 Å². The topological polar surface area (TPSA) is 88.6 Å². The molecular weight excluding hydrogens is 302 g/mol. The van der Waals surface area contributed by atoms with E-state index >= 15 is 0 Å². The average Bonchev–Trinajstić information content (AvgIpc) is 2.85. The lowest BCUT2D eigenvalue weighted by molar-refractivity contribution is 0.0590. The first-order chi connectivity index (χ1) is 9.27. The highest BCUT2D eigenvalue weighted by Crippen LogP contribution is 2.21. The van der Waals surface area contributed by atoms with Crippen molar-refractivity contribution in [3.05, 3.63) is 11.2 Å². The van der Waals surface area contributed by atoms with Crippen molar-refractivity contribution in [2.75, 3.05) is 27.7 Å². The van der Waals surface area contributed by atoms with E-state index in [-0.39, 0.29) is 15.9 Å². The monoisotopic (exact) mass is 321 g/mol. The summed E-state index contributed by atoms with van der Waals surface area (Å²) in [5, 5.41) is 0. The van der Waals surface area contributed by atoms with Crippen LogP contribution in [0.3, 0.4) is 0 Å². The van der Waals surface area contributed by atoms with Crippen LogP contribution in [0.15, 0.2) is 9.72 Å². The molecule has 0 radical (unpaired) electrons. The Balaban J connectivity index is 2.84. The molecule has 0 amide bonds. The number of hydrogen-bond acceptors (Lipinski definition) is 7. The van der Waals surface area contributed by atoms with E-state index in [1.807, 2.05) is 19.0 Å². The summed E-state index contributed by atoms with van der Waals surface area (Å²) in [5.74, 6) is -0.757. The molecule has 1 atom stereocenters. The van der Waals surface area contributed by atoms with Crippen LogP contribution in [0.1, 0.15) is 23.8 Å². The second-order valence-electron chi connectivity index (χ2n) is 4.59. The molecule has 1 heterocycles. The van der Waals surface area contributed by atoms with E-state index in [4.69, 9.17) is 0 Å². The zero-order valence-corrected chi connectivity index (χ0v) is 13.5. The van der Waals surface area contributed by atoms with E-state index in [0.717, 1.165) is 17.9 Å². The van der Waals surface area contributed by atoms with Crippen molar-refractivity contribution < 1.29 is 17.9 Å². The Hall–Kier alpha value is -1.03. The van der Waals surface area contributed by atoms with Gasteiger partial charge in [-0.2, -0.15) is 0 Å². The number of ether oxygens (including phenoxy) is 1. The Kier molecular flexibility index (Phi) is 6.06. The summed E-state index contributed by atoms with van der Waals surface area (Å²) < 4.78 is 31.4. The predicted octanol–water partition coefficient (Wildman–Crippen LogP) is 0.548. The predicted molar refractivity (Wildman–Crippen MR) is 76.4 cm³/mol. The molecule has 1 aromatic heterocycles. The van der Waals surface area contributed by atoms with Crippen molar-refractivity contribution in [1.29, 1.82) is 0 Å². The van der Waals surface area contributed by atoms with E-state index in [9.17, 15) is 13.2 Å². The van der Waals surface area contributed by atoms with Crippen molar-refractivity contribution in [1.82, 2.24) is 14.6 Å². The number of sulfonamides is 1. The van der Waals surface area contributed by atoms with Crippen LogP contribution >= 0.6 is 11.3 Å². The van der Waals surface area contributed by atoms with Gasteiger partial charge in [-0.05, 0) is 34.0 Å². The third kappa shape index (κ3) is 4.51. The van der Waals surface area contributed by atoms with E-state index in [0.29, 0.717) is 6.42 Å². The number of nitrogens with zero attached hydrogens (tertiary/aromatic N) is 2. The number of esters is 1. The van der Waals surface area contributed by atoms with E-state index in [1.54, 1.807) is 6.92 Å². The van der Waals surface area contributed by atoms with Gasteiger partial charge in [-0.25, -0.2) is 22.9 Å². The molecule has 1 unspecified atom stereocenters. The van der Waals surface area contributed by atoms with E-state index < -0.39 is 16.0 Å².